The van der Waals surface area contributed by atoms with E-state index in [0.29, 0.717) is 0 Å². The maximum Gasteiger partial charge on any atom is 0.173 e. The summed E-state index contributed by atoms with van der Waals surface area (Å²) in [7, 11) is 0. The minimum Gasteiger partial charge on any atom is -0.297 e. The predicted molar refractivity (Wildman–Crippen MR) is 169 cm³/mol. The highest BCUT2D eigenvalue weighted by Gasteiger charge is 2.30. The van der Waals surface area contributed by atoms with E-state index in [0.717, 1.165) is 51.5 Å². The smallest absolute Gasteiger partial charge is 0.173 e. The van der Waals surface area contributed by atoms with Crippen LogP contribution in [0.2, 0.25) is 0 Å². The van der Waals surface area contributed by atoms with Crippen molar-refractivity contribution in [1.29, 1.82) is 0 Å². The molecule has 6 heteroatoms. The Kier molecular flexibility index (Phi) is 9.25. The van der Waals surface area contributed by atoms with Crippen LogP contribution in [0.1, 0.15) is 46.5 Å². The Bertz CT molecular complexity index is 1470. The van der Waals surface area contributed by atoms with Gasteiger partial charge in [-0.1, -0.05) is 133 Å². The quantitative estimate of drug-likeness (QED) is 0.191. The molecule has 1 aliphatic heterocycles. The summed E-state index contributed by atoms with van der Waals surface area (Å²) in [5, 5.41) is 13.3. The van der Waals surface area contributed by atoms with E-state index in [4.69, 9.17) is 0 Å². The van der Waals surface area contributed by atoms with E-state index < -0.39 is 0 Å². The highest BCUT2D eigenvalue weighted by molar-refractivity contribution is 5.48. The zero-order valence-corrected chi connectivity index (χ0v) is 24.0. The Morgan fingerprint density at radius 1 is 0.643 bits per heavy atom. The van der Waals surface area contributed by atoms with Crippen molar-refractivity contribution in [1.82, 2.24) is 30.0 Å². The average molecular weight is 555 g/mol. The Morgan fingerprint density at radius 2 is 1.19 bits per heavy atom. The van der Waals surface area contributed by atoms with E-state index in [2.05, 4.69) is 159 Å². The van der Waals surface area contributed by atoms with Gasteiger partial charge < -0.3 is 0 Å². The van der Waals surface area contributed by atoms with E-state index >= 15 is 0 Å². The molecule has 0 amide bonds. The molecule has 2 heterocycles. The van der Waals surface area contributed by atoms with Gasteiger partial charge >= 0.3 is 0 Å². The van der Waals surface area contributed by atoms with Crippen LogP contribution in [0.15, 0.2) is 127 Å². The molecule has 0 spiro atoms. The molecular weight excluding hydrogens is 516 g/mol. The monoisotopic (exact) mass is 554 g/mol. The molecule has 1 aliphatic rings. The number of piperazine rings is 1. The molecule has 1 atom stereocenters. The van der Waals surface area contributed by atoms with Gasteiger partial charge in [0.2, 0.25) is 0 Å². The van der Waals surface area contributed by atoms with Crippen molar-refractivity contribution in [2.75, 3.05) is 32.7 Å². The molecule has 0 bridgehead atoms. The molecule has 5 aromatic rings. The molecule has 6 nitrogen and oxygen atoms in total. The predicted octanol–water partition coefficient (Wildman–Crippen LogP) is 6.32. The molecule has 0 saturated carbocycles. The molecule has 0 radical (unpaired) electrons. The summed E-state index contributed by atoms with van der Waals surface area (Å²) < 4.78 is 2.03. The van der Waals surface area contributed by atoms with Gasteiger partial charge in [0.15, 0.2) is 5.82 Å². The van der Waals surface area contributed by atoms with Crippen LogP contribution in [0, 0.1) is 0 Å². The highest BCUT2D eigenvalue weighted by Crippen LogP contribution is 2.31. The lowest BCUT2D eigenvalue weighted by Crippen LogP contribution is -2.48. The summed E-state index contributed by atoms with van der Waals surface area (Å²) in [4.78, 5) is 5.06. The van der Waals surface area contributed by atoms with Crippen LogP contribution < -0.4 is 0 Å². The van der Waals surface area contributed by atoms with Gasteiger partial charge in [-0.3, -0.25) is 9.80 Å². The average Bonchev–Trinajstić information content (AvgIpc) is 3.52. The van der Waals surface area contributed by atoms with Crippen molar-refractivity contribution < 1.29 is 0 Å². The second-order valence-corrected chi connectivity index (χ2v) is 10.9. The van der Waals surface area contributed by atoms with Crippen molar-refractivity contribution in [3.8, 4) is 0 Å². The van der Waals surface area contributed by atoms with Crippen LogP contribution >= 0.6 is 0 Å². The van der Waals surface area contributed by atoms with Crippen molar-refractivity contribution in [3.05, 3.63) is 155 Å². The van der Waals surface area contributed by atoms with Crippen molar-refractivity contribution in [2.24, 2.45) is 0 Å². The number of hydrogen-bond donors (Lipinski definition) is 0. The molecule has 42 heavy (non-hydrogen) atoms. The van der Waals surface area contributed by atoms with Gasteiger partial charge in [-0.05, 0) is 39.1 Å². The minimum atomic E-state index is 0.00936. The first-order valence-electron chi connectivity index (χ1n) is 14.9. The third-order valence-corrected chi connectivity index (χ3v) is 8.20. The molecule has 1 aromatic heterocycles. The van der Waals surface area contributed by atoms with Crippen LogP contribution in [0.25, 0.3) is 6.08 Å². The third kappa shape index (κ3) is 6.90. The lowest BCUT2D eigenvalue weighted by atomic mass is 9.88. The van der Waals surface area contributed by atoms with Gasteiger partial charge in [0, 0.05) is 45.2 Å². The molecule has 0 unspecified atom stereocenters. The summed E-state index contributed by atoms with van der Waals surface area (Å²) in [5.74, 6) is 1.19. The number of aromatic nitrogens is 4. The molecular formula is C36H38N6. The number of hydrogen-bond acceptors (Lipinski definition) is 5. The SMILES string of the molecule is C(=C\c1ccccc1)/CN1CCN([C@H](c2ccccc2)c2nnnn2CCC(c2ccccc2)c2ccccc2)CC1. The topological polar surface area (TPSA) is 50.1 Å². The van der Waals surface area contributed by atoms with E-state index in [1.165, 1.54) is 22.3 Å². The summed E-state index contributed by atoms with van der Waals surface area (Å²) in [5.41, 5.74) is 5.10. The number of nitrogens with zero attached hydrogens (tertiary/aromatic N) is 6. The first-order chi connectivity index (χ1) is 20.8. The minimum absolute atomic E-state index is 0.00936. The van der Waals surface area contributed by atoms with Crippen LogP contribution in [-0.2, 0) is 6.54 Å². The van der Waals surface area contributed by atoms with Gasteiger partial charge in [-0.25, -0.2) is 4.68 Å². The van der Waals surface area contributed by atoms with Crippen molar-refractivity contribution in [2.45, 2.75) is 24.9 Å². The lowest BCUT2D eigenvalue weighted by molar-refractivity contribution is 0.112. The van der Waals surface area contributed by atoms with E-state index in [-0.39, 0.29) is 12.0 Å². The van der Waals surface area contributed by atoms with Crippen molar-refractivity contribution >= 4 is 6.08 Å². The fourth-order valence-electron chi connectivity index (χ4n) is 5.98. The third-order valence-electron chi connectivity index (χ3n) is 8.20. The molecule has 1 fully saturated rings. The normalized spacial score (nSPS) is 15.4. The van der Waals surface area contributed by atoms with Crippen LogP contribution in [-0.4, -0.2) is 62.7 Å². The zero-order chi connectivity index (χ0) is 28.4. The highest BCUT2D eigenvalue weighted by atomic mass is 15.6. The second kappa shape index (κ2) is 14.0. The molecule has 0 aliphatic carbocycles. The fourth-order valence-corrected chi connectivity index (χ4v) is 5.98. The first-order valence-corrected chi connectivity index (χ1v) is 14.9. The van der Waals surface area contributed by atoms with Gasteiger partial charge in [-0.15, -0.1) is 5.10 Å². The molecule has 6 rings (SSSR count). The Hall–Kier alpha value is -4.39. The number of tetrazole rings is 1. The van der Waals surface area contributed by atoms with Gasteiger partial charge in [0.25, 0.3) is 0 Å². The first kappa shape index (κ1) is 27.8. The number of rotatable bonds is 11. The molecule has 4 aromatic carbocycles. The van der Waals surface area contributed by atoms with E-state index in [9.17, 15) is 0 Å². The maximum absolute atomic E-state index is 4.63. The molecule has 0 N–H and O–H groups in total. The summed E-state index contributed by atoms with van der Waals surface area (Å²) in [6.45, 7) is 5.63. The largest absolute Gasteiger partial charge is 0.297 e. The summed E-state index contributed by atoms with van der Waals surface area (Å²) in [6, 6.07) is 42.8. The van der Waals surface area contributed by atoms with Gasteiger partial charge in [-0.2, -0.15) is 0 Å². The number of benzene rings is 4. The van der Waals surface area contributed by atoms with E-state index in [1.54, 1.807) is 0 Å². The fraction of sp³-hybridized carbons (Fsp3) is 0.250. The lowest BCUT2D eigenvalue weighted by Gasteiger charge is -2.38. The Labute approximate surface area is 248 Å². The maximum atomic E-state index is 4.63. The number of aryl methyl sites for hydroxylation is 1. The van der Waals surface area contributed by atoms with Gasteiger partial charge in [0.05, 0.1) is 6.04 Å². The molecule has 1 saturated heterocycles. The summed E-state index contributed by atoms with van der Waals surface area (Å²) >= 11 is 0. The Morgan fingerprint density at radius 3 is 1.79 bits per heavy atom. The zero-order valence-electron chi connectivity index (χ0n) is 24.0. The summed E-state index contributed by atoms with van der Waals surface area (Å²) in [6.07, 6.45) is 5.40. The standard InChI is InChI=1S/C36H38N6/c1-5-14-30(15-6-1)16-13-24-40-26-28-41(29-27-40)35(33-21-11-4-12-22-33)36-37-38-39-42(36)25-23-34(31-17-7-2-8-18-31)32-19-9-3-10-20-32/h1-22,34-35H,23-29H2/b16-13+/t35-/m1/s1. The van der Waals surface area contributed by atoms with Crippen molar-refractivity contribution in [3.63, 3.8) is 0 Å². The second-order valence-electron chi connectivity index (χ2n) is 10.9. The Balaban J connectivity index is 1.18. The van der Waals surface area contributed by atoms with Crippen LogP contribution in [0.5, 0.6) is 0 Å². The van der Waals surface area contributed by atoms with Crippen LogP contribution in [0.3, 0.4) is 0 Å². The molecule has 212 valence electrons. The van der Waals surface area contributed by atoms with E-state index in [1.807, 2.05) is 4.68 Å². The van der Waals surface area contributed by atoms with Gasteiger partial charge in [0.1, 0.15) is 0 Å². The van der Waals surface area contributed by atoms with Crippen LogP contribution in [0.4, 0.5) is 0 Å².